The van der Waals surface area contributed by atoms with Crippen LogP contribution in [0.15, 0.2) is 29.3 Å². The number of hydrogen-bond donors (Lipinski definition) is 1. The third-order valence-corrected chi connectivity index (χ3v) is 2.52. The van der Waals surface area contributed by atoms with Crippen LogP contribution in [0.1, 0.15) is 5.56 Å². The maximum absolute atomic E-state index is 9.68. The SMILES string of the molecule is OC1(I)C=Nc2ccccc21. The molecule has 0 spiro atoms. The molecule has 56 valence electrons. The Morgan fingerprint density at radius 2 is 2.09 bits per heavy atom. The lowest BCUT2D eigenvalue weighted by Crippen LogP contribution is -2.14. The zero-order valence-electron chi connectivity index (χ0n) is 5.66. The summed E-state index contributed by atoms with van der Waals surface area (Å²) in [5.41, 5.74) is 1.74. The van der Waals surface area contributed by atoms with Crippen molar-refractivity contribution in [3.63, 3.8) is 0 Å². The third-order valence-electron chi connectivity index (χ3n) is 1.66. The topological polar surface area (TPSA) is 32.6 Å². The molecule has 2 rings (SSSR count). The van der Waals surface area contributed by atoms with Gasteiger partial charge >= 0.3 is 0 Å². The number of fused-ring (bicyclic) bond motifs is 1. The largest absolute Gasteiger partial charge is 0.370 e. The van der Waals surface area contributed by atoms with Crippen molar-refractivity contribution in [3.05, 3.63) is 29.8 Å². The Labute approximate surface area is 78.1 Å². The molecule has 0 bridgehead atoms. The molecule has 0 aliphatic carbocycles. The van der Waals surface area contributed by atoms with Gasteiger partial charge in [-0.15, -0.1) is 0 Å². The number of aliphatic hydroxyl groups is 1. The van der Waals surface area contributed by atoms with Gasteiger partial charge in [-0.05, 0) is 28.7 Å². The lowest BCUT2D eigenvalue weighted by Gasteiger charge is -2.10. The van der Waals surface area contributed by atoms with Gasteiger partial charge < -0.3 is 5.11 Å². The van der Waals surface area contributed by atoms with Crippen LogP contribution in [0.3, 0.4) is 0 Å². The summed E-state index contributed by atoms with van der Waals surface area (Å²) in [7, 11) is 0. The van der Waals surface area contributed by atoms with Crippen LogP contribution in [0.4, 0.5) is 5.69 Å². The molecule has 0 aromatic heterocycles. The van der Waals surface area contributed by atoms with Crippen LogP contribution in [-0.4, -0.2) is 11.3 Å². The van der Waals surface area contributed by atoms with Gasteiger partial charge in [-0.1, -0.05) is 18.2 Å². The highest BCUT2D eigenvalue weighted by atomic mass is 127. The molecule has 0 amide bonds. The van der Waals surface area contributed by atoms with Gasteiger partial charge in [0, 0.05) is 5.56 Å². The van der Waals surface area contributed by atoms with E-state index >= 15 is 0 Å². The van der Waals surface area contributed by atoms with Gasteiger partial charge in [0.25, 0.3) is 0 Å². The van der Waals surface area contributed by atoms with Gasteiger partial charge in [-0.3, -0.25) is 4.99 Å². The summed E-state index contributed by atoms with van der Waals surface area (Å²) in [5.74, 6) is 0. The van der Waals surface area contributed by atoms with Crippen LogP contribution >= 0.6 is 22.6 Å². The fourth-order valence-corrected chi connectivity index (χ4v) is 1.70. The summed E-state index contributed by atoms with van der Waals surface area (Å²) < 4.78 is -0.894. The Hall–Kier alpha value is -0.420. The predicted octanol–water partition coefficient (Wildman–Crippen LogP) is 1.98. The molecule has 0 saturated carbocycles. The molecule has 1 aromatic carbocycles. The highest BCUT2D eigenvalue weighted by Gasteiger charge is 2.29. The van der Waals surface area contributed by atoms with Crippen molar-refractivity contribution < 1.29 is 5.11 Å². The Balaban J connectivity index is 2.64. The molecule has 0 fully saturated rings. The normalized spacial score (nSPS) is 27.1. The number of rotatable bonds is 0. The number of para-hydroxylation sites is 1. The first-order chi connectivity index (χ1) is 5.20. The summed E-state index contributed by atoms with van der Waals surface area (Å²) in [6.07, 6.45) is 1.55. The molecular weight excluding hydrogens is 253 g/mol. The van der Waals surface area contributed by atoms with Gasteiger partial charge in [-0.2, -0.15) is 0 Å². The van der Waals surface area contributed by atoms with Crippen LogP contribution in [0.2, 0.25) is 0 Å². The highest BCUT2D eigenvalue weighted by Crippen LogP contribution is 2.38. The second-order valence-corrected chi connectivity index (χ2v) is 4.09. The minimum absolute atomic E-state index is 0.865. The van der Waals surface area contributed by atoms with E-state index in [9.17, 15) is 5.11 Å². The van der Waals surface area contributed by atoms with Crippen LogP contribution in [0.5, 0.6) is 0 Å². The zero-order chi connectivity index (χ0) is 7.90. The van der Waals surface area contributed by atoms with Crippen LogP contribution in [0, 0.1) is 0 Å². The number of hydrogen-bond acceptors (Lipinski definition) is 2. The minimum atomic E-state index is -0.894. The summed E-state index contributed by atoms with van der Waals surface area (Å²) in [6, 6.07) is 7.59. The average molecular weight is 259 g/mol. The van der Waals surface area contributed by atoms with E-state index in [0.717, 1.165) is 11.3 Å². The molecule has 1 unspecified atom stereocenters. The monoisotopic (exact) mass is 259 g/mol. The molecule has 1 heterocycles. The first-order valence-electron chi connectivity index (χ1n) is 3.26. The van der Waals surface area contributed by atoms with E-state index in [1.54, 1.807) is 6.21 Å². The first kappa shape index (κ1) is 7.24. The van der Waals surface area contributed by atoms with E-state index in [1.807, 2.05) is 46.9 Å². The fraction of sp³-hybridized carbons (Fsp3) is 0.125. The summed E-state index contributed by atoms with van der Waals surface area (Å²) >= 11 is 1.96. The van der Waals surface area contributed by atoms with E-state index < -0.39 is 3.61 Å². The van der Waals surface area contributed by atoms with Gasteiger partial charge in [0.2, 0.25) is 0 Å². The number of nitrogens with zero attached hydrogens (tertiary/aromatic N) is 1. The molecule has 3 heteroatoms. The average Bonchev–Trinajstić information content (AvgIpc) is 2.29. The molecule has 11 heavy (non-hydrogen) atoms. The van der Waals surface area contributed by atoms with Crippen LogP contribution in [-0.2, 0) is 3.61 Å². The van der Waals surface area contributed by atoms with Gasteiger partial charge in [0.15, 0.2) is 3.61 Å². The second-order valence-electron chi connectivity index (χ2n) is 2.45. The van der Waals surface area contributed by atoms with Gasteiger partial charge in [0.05, 0.1) is 11.9 Å². The second kappa shape index (κ2) is 2.28. The van der Waals surface area contributed by atoms with Crippen LogP contribution in [0.25, 0.3) is 0 Å². The number of benzene rings is 1. The maximum atomic E-state index is 9.68. The van der Waals surface area contributed by atoms with Gasteiger partial charge in [-0.25, -0.2) is 0 Å². The van der Waals surface area contributed by atoms with E-state index in [2.05, 4.69) is 4.99 Å². The maximum Gasteiger partial charge on any atom is 0.178 e. The van der Waals surface area contributed by atoms with E-state index in [4.69, 9.17) is 0 Å². The van der Waals surface area contributed by atoms with Crippen LogP contribution < -0.4 is 0 Å². The van der Waals surface area contributed by atoms with E-state index in [0.29, 0.717) is 0 Å². The van der Waals surface area contributed by atoms with Crippen molar-refractivity contribution in [3.8, 4) is 0 Å². The van der Waals surface area contributed by atoms with E-state index in [-0.39, 0.29) is 0 Å². The molecule has 1 N–H and O–H groups in total. The van der Waals surface area contributed by atoms with E-state index in [1.165, 1.54) is 0 Å². The molecule has 1 aliphatic rings. The summed E-state index contributed by atoms with van der Waals surface area (Å²) in [6.45, 7) is 0. The standard InChI is InChI=1S/C8H6INO/c9-8(11)5-10-7-4-2-1-3-6(7)8/h1-5,11H. The molecule has 1 aliphatic heterocycles. The molecule has 0 saturated heterocycles. The molecule has 0 radical (unpaired) electrons. The quantitative estimate of drug-likeness (QED) is 0.560. The lowest BCUT2D eigenvalue weighted by molar-refractivity contribution is 0.237. The van der Waals surface area contributed by atoms with Gasteiger partial charge in [0.1, 0.15) is 0 Å². The number of aliphatic imine (C=N–C) groups is 1. The van der Waals surface area contributed by atoms with Crippen molar-refractivity contribution >= 4 is 34.5 Å². The van der Waals surface area contributed by atoms with Crippen molar-refractivity contribution in [2.75, 3.05) is 0 Å². The Kier molecular flexibility index (Phi) is 1.50. The van der Waals surface area contributed by atoms with Crippen molar-refractivity contribution in [1.29, 1.82) is 0 Å². The van der Waals surface area contributed by atoms with Crippen molar-refractivity contribution in [1.82, 2.24) is 0 Å². The minimum Gasteiger partial charge on any atom is -0.370 e. The molecule has 2 nitrogen and oxygen atoms in total. The molecular formula is C8H6INO. The first-order valence-corrected chi connectivity index (χ1v) is 4.34. The highest BCUT2D eigenvalue weighted by molar-refractivity contribution is 14.1. The third kappa shape index (κ3) is 1.08. The Bertz CT molecular complexity index is 320. The Morgan fingerprint density at radius 3 is 2.82 bits per heavy atom. The smallest absolute Gasteiger partial charge is 0.178 e. The van der Waals surface area contributed by atoms with Crippen molar-refractivity contribution in [2.45, 2.75) is 3.61 Å². The number of alkyl halides is 1. The summed E-state index contributed by atoms with van der Waals surface area (Å²) in [4.78, 5) is 4.07. The van der Waals surface area contributed by atoms with Crippen molar-refractivity contribution in [2.24, 2.45) is 4.99 Å². The lowest BCUT2D eigenvalue weighted by atomic mass is 10.1. The number of halogens is 1. The predicted molar refractivity (Wildman–Crippen MR) is 52.5 cm³/mol. The Morgan fingerprint density at radius 1 is 1.36 bits per heavy atom. The fourth-order valence-electron chi connectivity index (χ4n) is 1.11. The summed E-state index contributed by atoms with van der Waals surface area (Å²) in [5, 5.41) is 9.68. The zero-order valence-corrected chi connectivity index (χ0v) is 7.82. The molecule has 1 aromatic rings. The molecule has 1 atom stereocenters.